The van der Waals surface area contributed by atoms with Gasteiger partial charge in [-0.25, -0.2) is 0 Å². The van der Waals surface area contributed by atoms with Crippen LogP contribution in [-0.2, 0) is 19.3 Å². The lowest BCUT2D eigenvalue weighted by atomic mass is 10.2. The molecule has 22 heavy (non-hydrogen) atoms. The normalized spacial score (nSPS) is 21.6. The van der Waals surface area contributed by atoms with E-state index < -0.39 is 23.4 Å². The summed E-state index contributed by atoms with van der Waals surface area (Å²) in [6.45, 7) is 4.89. The fourth-order valence-electron chi connectivity index (χ4n) is 2.08. The molecule has 9 heteroatoms. The molecule has 0 N–H and O–H groups in total. The Bertz CT molecular complexity index is 784. The zero-order valence-electron chi connectivity index (χ0n) is 12.8. The van der Waals surface area contributed by atoms with E-state index in [4.69, 9.17) is 4.52 Å². The summed E-state index contributed by atoms with van der Waals surface area (Å²) in [6.07, 6.45) is 0.216. The van der Waals surface area contributed by atoms with Crippen molar-refractivity contribution in [1.82, 2.24) is 4.78 Å². The lowest BCUT2D eigenvalue weighted by molar-refractivity contribution is -0.124. The molecular weight excluding hydrogens is 325 g/mol. The van der Waals surface area contributed by atoms with Crippen LogP contribution in [0.4, 0.5) is 0 Å². The maximum atomic E-state index is 12.5. The van der Waals surface area contributed by atoms with Crippen LogP contribution in [-0.4, -0.2) is 38.1 Å². The predicted octanol–water partition coefficient (Wildman–Crippen LogP) is 2.60. The number of amides is 1. The van der Waals surface area contributed by atoms with Gasteiger partial charge in [-0.15, -0.1) is 4.15 Å². The van der Waals surface area contributed by atoms with Crippen molar-refractivity contribution in [3.63, 3.8) is 0 Å². The van der Waals surface area contributed by atoms with Gasteiger partial charge in [0.05, 0.1) is 11.1 Å². The minimum atomic E-state index is -3.94. The van der Waals surface area contributed by atoms with Gasteiger partial charge in [0.1, 0.15) is 0 Å². The summed E-state index contributed by atoms with van der Waals surface area (Å²) in [7, 11) is -5.62. The Balaban J connectivity index is 2.57. The van der Waals surface area contributed by atoms with Gasteiger partial charge in [0.25, 0.3) is 10.0 Å². The number of hydrogen-bond donors (Lipinski definition) is 0. The van der Waals surface area contributed by atoms with E-state index in [9.17, 15) is 13.2 Å². The highest BCUT2D eigenvalue weighted by molar-refractivity contribution is 7.93. The average molecular weight is 343 g/mol. The number of sulfonamides is 1. The van der Waals surface area contributed by atoms with Crippen LogP contribution in [0.15, 0.2) is 38.4 Å². The highest BCUT2D eigenvalue weighted by Gasteiger charge is 2.39. The molecule has 0 radical (unpaired) electrons. The monoisotopic (exact) mass is 343 g/mol. The van der Waals surface area contributed by atoms with Crippen LogP contribution in [0, 0.1) is 6.92 Å². The molecule has 0 bridgehead atoms. The lowest BCUT2D eigenvalue weighted by Gasteiger charge is -2.24. The van der Waals surface area contributed by atoms with E-state index in [-0.39, 0.29) is 11.1 Å². The second-order valence-electron chi connectivity index (χ2n) is 5.02. The quantitative estimate of drug-likeness (QED) is 0.789. The van der Waals surface area contributed by atoms with E-state index in [0.717, 1.165) is 10.3 Å². The van der Waals surface area contributed by atoms with Crippen molar-refractivity contribution in [2.24, 2.45) is 9.25 Å². The molecule has 1 aliphatic heterocycles. The van der Waals surface area contributed by atoms with E-state index in [2.05, 4.69) is 9.25 Å². The maximum absolute atomic E-state index is 12.5. The highest BCUT2D eigenvalue weighted by Crippen LogP contribution is 2.58. The molecule has 0 saturated heterocycles. The number of hydrogen-bond acceptors (Lipinski definition) is 5. The molecule has 0 aliphatic carbocycles. The van der Waals surface area contributed by atoms with Crippen molar-refractivity contribution < 1.29 is 17.7 Å². The summed E-state index contributed by atoms with van der Waals surface area (Å²) in [5, 5.41) is 4.07. The number of aryl methyl sites for hydroxylation is 1. The molecule has 1 aliphatic rings. The molecule has 1 unspecified atom stereocenters. The summed E-state index contributed by atoms with van der Waals surface area (Å²) in [5.74, 6) is -0.394. The summed E-state index contributed by atoms with van der Waals surface area (Å²) < 4.78 is 35.5. The Labute approximate surface area is 130 Å². The maximum Gasteiger partial charge on any atom is 0.284 e. The van der Waals surface area contributed by atoms with Gasteiger partial charge in [-0.2, -0.15) is 18.3 Å². The summed E-state index contributed by atoms with van der Waals surface area (Å²) in [6, 6.07) is 6.36. The SMILES string of the molecule is COP1(=NS(=O)(=O)c2ccc(C)cc2)CC(C)=NN1C(C)=O. The van der Waals surface area contributed by atoms with Crippen LogP contribution in [0.1, 0.15) is 19.4 Å². The van der Waals surface area contributed by atoms with Crippen molar-refractivity contribution >= 4 is 29.1 Å². The second-order valence-corrected chi connectivity index (χ2v) is 9.48. The number of hydrazone groups is 1. The fraction of sp³-hybridized carbons (Fsp3) is 0.385. The molecular formula is C13H18N3O4PS. The molecule has 120 valence electrons. The van der Waals surface area contributed by atoms with E-state index in [1.807, 2.05) is 6.92 Å². The van der Waals surface area contributed by atoms with Crippen LogP contribution in [0.2, 0.25) is 0 Å². The van der Waals surface area contributed by atoms with Gasteiger partial charge in [-0.1, -0.05) is 17.7 Å². The predicted molar refractivity (Wildman–Crippen MR) is 85.2 cm³/mol. The van der Waals surface area contributed by atoms with Crippen molar-refractivity contribution in [3.8, 4) is 0 Å². The number of carbonyl (C=O) groups excluding carboxylic acids is 1. The smallest absolute Gasteiger partial charge is 0.284 e. The first kappa shape index (κ1) is 16.9. The fourth-order valence-corrected chi connectivity index (χ4v) is 6.87. The number of nitrogens with zero attached hydrogens (tertiary/aromatic N) is 3. The molecule has 0 saturated carbocycles. The topological polar surface area (TPSA) is 88.4 Å². The summed E-state index contributed by atoms with van der Waals surface area (Å²) >= 11 is 0. The zero-order chi connectivity index (χ0) is 16.5. The third-order valence-corrected chi connectivity index (χ3v) is 8.29. The van der Waals surface area contributed by atoms with Crippen LogP contribution in [0.25, 0.3) is 0 Å². The third-order valence-electron chi connectivity index (χ3n) is 3.12. The van der Waals surface area contributed by atoms with E-state index in [1.165, 1.54) is 26.2 Å². The van der Waals surface area contributed by atoms with Gasteiger partial charge in [0.15, 0.2) is 0 Å². The van der Waals surface area contributed by atoms with Gasteiger partial charge in [-0.05, 0) is 26.0 Å². The second kappa shape index (κ2) is 5.95. The van der Waals surface area contributed by atoms with Crippen molar-refractivity contribution in [2.75, 3.05) is 13.3 Å². The first-order valence-electron chi connectivity index (χ1n) is 6.55. The molecule has 7 nitrogen and oxygen atoms in total. The lowest BCUT2D eigenvalue weighted by Crippen LogP contribution is -2.19. The highest BCUT2D eigenvalue weighted by atomic mass is 32.2. The Hall–Kier alpha value is -1.50. The zero-order valence-corrected chi connectivity index (χ0v) is 14.6. The van der Waals surface area contributed by atoms with Gasteiger partial charge >= 0.3 is 0 Å². The molecule has 0 fully saturated rings. The first-order valence-corrected chi connectivity index (χ1v) is 9.79. The molecule has 1 aromatic carbocycles. The molecule has 0 spiro atoms. The minimum Gasteiger partial charge on any atom is -0.330 e. The molecule has 1 atom stereocenters. The number of carbonyl (C=O) groups is 1. The minimum absolute atomic E-state index is 0.0718. The Kier molecular flexibility index (Phi) is 4.56. The van der Waals surface area contributed by atoms with E-state index >= 15 is 0 Å². The van der Waals surface area contributed by atoms with Crippen LogP contribution in [0.5, 0.6) is 0 Å². The Morgan fingerprint density at radius 2 is 1.91 bits per heavy atom. The van der Waals surface area contributed by atoms with E-state index in [0.29, 0.717) is 5.71 Å². The van der Waals surface area contributed by atoms with Crippen molar-refractivity contribution in [1.29, 1.82) is 0 Å². The summed E-state index contributed by atoms with van der Waals surface area (Å²) in [4.78, 5) is 11.8. The van der Waals surface area contributed by atoms with Crippen LogP contribution < -0.4 is 0 Å². The first-order chi connectivity index (χ1) is 10.2. The number of benzene rings is 1. The molecule has 1 amide bonds. The Morgan fingerprint density at radius 3 is 2.41 bits per heavy atom. The molecule has 0 aromatic heterocycles. The Morgan fingerprint density at radius 1 is 1.32 bits per heavy atom. The van der Waals surface area contributed by atoms with Crippen LogP contribution in [0.3, 0.4) is 0 Å². The van der Waals surface area contributed by atoms with Crippen LogP contribution >= 0.6 is 7.43 Å². The molecule has 2 rings (SSSR count). The largest absolute Gasteiger partial charge is 0.330 e. The number of rotatable bonds is 3. The van der Waals surface area contributed by atoms with Gasteiger partial charge in [-0.3, -0.25) is 4.79 Å². The summed E-state index contributed by atoms with van der Waals surface area (Å²) in [5.41, 5.74) is 1.56. The van der Waals surface area contributed by atoms with Gasteiger partial charge < -0.3 is 4.52 Å². The van der Waals surface area contributed by atoms with E-state index in [1.54, 1.807) is 19.1 Å². The standard InChI is InChI=1S/C13H18N3O4PS/c1-10-5-7-13(8-6-10)22(18,19)15-21(20-4)9-11(2)14-16(21)12(3)17/h5-8H,9H2,1-4H3. The average Bonchev–Trinajstić information content (AvgIpc) is 2.76. The third kappa shape index (κ3) is 3.14. The molecule has 1 heterocycles. The van der Waals surface area contributed by atoms with Crippen molar-refractivity contribution in [2.45, 2.75) is 25.7 Å². The van der Waals surface area contributed by atoms with Gasteiger partial charge in [0, 0.05) is 19.7 Å². The van der Waals surface area contributed by atoms with Crippen molar-refractivity contribution in [3.05, 3.63) is 29.8 Å². The molecule has 1 aromatic rings. The van der Waals surface area contributed by atoms with Gasteiger partial charge in [0.2, 0.25) is 13.3 Å².